The first-order valence-electron chi connectivity index (χ1n) is 6.21. The van der Waals surface area contributed by atoms with E-state index in [1.165, 1.54) is 12.1 Å². The Morgan fingerprint density at radius 1 is 1.15 bits per heavy atom. The third-order valence-corrected chi connectivity index (χ3v) is 3.76. The fourth-order valence-corrected chi connectivity index (χ4v) is 2.72. The predicted octanol–water partition coefficient (Wildman–Crippen LogP) is 3.22. The van der Waals surface area contributed by atoms with E-state index in [2.05, 4.69) is 26.6 Å². The maximum absolute atomic E-state index is 13.1. The van der Waals surface area contributed by atoms with Gasteiger partial charge >= 0.3 is 0 Å². The summed E-state index contributed by atoms with van der Waals surface area (Å²) in [6, 6.07) is 11.9. The van der Waals surface area contributed by atoms with Gasteiger partial charge in [0.25, 0.3) is 0 Å². The number of amides is 1. The first-order valence-corrected chi connectivity index (χ1v) is 7.01. The Bertz CT molecular complexity index is 657. The van der Waals surface area contributed by atoms with Gasteiger partial charge in [-0.1, -0.05) is 28.1 Å². The Hall–Kier alpha value is -1.72. The summed E-state index contributed by atoms with van der Waals surface area (Å²) in [5.74, 6) is -0.357. The molecule has 0 fully saturated rings. The van der Waals surface area contributed by atoms with Crippen LogP contribution in [0.15, 0.2) is 46.9 Å². The van der Waals surface area contributed by atoms with Crippen LogP contribution in [0, 0.1) is 5.82 Å². The minimum Gasteiger partial charge on any atom is -0.325 e. The molecule has 20 heavy (non-hydrogen) atoms. The number of hydrogen-bond acceptors (Lipinski definition) is 2. The largest absolute Gasteiger partial charge is 0.325 e. The zero-order chi connectivity index (χ0) is 14.1. The molecule has 3 nitrogen and oxygen atoms in total. The Morgan fingerprint density at radius 2 is 1.90 bits per heavy atom. The molecule has 1 unspecified atom stereocenters. The van der Waals surface area contributed by atoms with Crippen molar-refractivity contribution in [3.05, 3.63) is 63.9 Å². The number of carbonyl (C=O) groups is 1. The van der Waals surface area contributed by atoms with Gasteiger partial charge in [0, 0.05) is 10.2 Å². The van der Waals surface area contributed by atoms with Gasteiger partial charge in [-0.3, -0.25) is 10.1 Å². The van der Waals surface area contributed by atoms with Gasteiger partial charge in [-0.15, -0.1) is 0 Å². The highest BCUT2D eigenvalue weighted by Gasteiger charge is 2.23. The molecule has 0 bridgehead atoms. The molecule has 1 atom stereocenters. The summed E-state index contributed by atoms with van der Waals surface area (Å²) >= 11 is 3.44. The van der Waals surface area contributed by atoms with Crippen LogP contribution in [0.4, 0.5) is 10.1 Å². The van der Waals surface area contributed by atoms with Crippen molar-refractivity contribution in [1.29, 1.82) is 0 Å². The Labute approximate surface area is 124 Å². The van der Waals surface area contributed by atoms with Gasteiger partial charge < -0.3 is 5.32 Å². The summed E-state index contributed by atoms with van der Waals surface area (Å²) in [5, 5.41) is 6.06. The highest BCUT2D eigenvalue weighted by Crippen LogP contribution is 2.32. The molecule has 0 aromatic heterocycles. The average Bonchev–Trinajstić information content (AvgIpc) is 2.58. The van der Waals surface area contributed by atoms with Crippen molar-refractivity contribution in [2.45, 2.75) is 6.04 Å². The summed E-state index contributed by atoms with van der Waals surface area (Å²) in [7, 11) is 0. The molecule has 1 amide bonds. The van der Waals surface area contributed by atoms with Gasteiger partial charge in [-0.25, -0.2) is 4.39 Å². The van der Waals surface area contributed by atoms with E-state index in [1.807, 2.05) is 18.2 Å². The quantitative estimate of drug-likeness (QED) is 0.840. The van der Waals surface area contributed by atoms with Crippen LogP contribution >= 0.6 is 15.9 Å². The molecule has 0 aliphatic carbocycles. The minimum atomic E-state index is -0.272. The second-order valence-corrected chi connectivity index (χ2v) is 5.56. The van der Waals surface area contributed by atoms with Crippen LogP contribution in [0.25, 0.3) is 0 Å². The molecule has 2 aromatic carbocycles. The number of fused-ring (bicyclic) bond motifs is 1. The Morgan fingerprint density at radius 3 is 2.65 bits per heavy atom. The summed E-state index contributed by atoms with van der Waals surface area (Å²) in [5.41, 5.74) is 2.65. The first-order chi connectivity index (χ1) is 9.63. The first kappa shape index (κ1) is 13.3. The molecule has 102 valence electrons. The van der Waals surface area contributed by atoms with Crippen molar-refractivity contribution in [2.75, 3.05) is 11.9 Å². The molecule has 2 aromatic rings. The minimum absolute atomic E-state index is 0.0850. The van der Waals surface area contributed by atoms with E-state index < -0.39 is 0 Å². The molecule has 0 saturated carbocycles. The van der Waals surface area contributed by atoms with Crippen molar-refractivity contribution in [3.8, 4) is 0 Å². The maximum atomic E-state index is 13.1. The van der Waals surface area contributed by atoms with E-state index in [0.717, 1.165) is 21.3 Å². The normalized spacial score (nSPS) is 18.1. The average molecular weight is 335 g/mol. The Kier molecular flexibility index (Phi) is 3.54. The summed E-state index contributed by atoms with van der Waals surface area (Å²) < 4.78 is 14.0. The van der Waals surface area contributed by atoms with Crippen LogP contribution in [-0.4, -0.2) is 12.5 Å². The lowest BCUT2D eigenvalue weighted by molar-refractivity contribution is -0.115. The monoisotopic (exact) mass is 334 g/mol. The second-order valence-electron chi connectivity index (χ2n) is 4.65. The van der Waals surface area contributed by atoms with Gasteiger partial charge in [0.05, 0.1) is 12.6 Å². The fourth-order valence-electron chi connectivity index (χ4n) is 2.34. The zero-order valence-corrected chi connectivity index (χ0v) is 12.1. The fraction of sp³-hybridized carbons (Fsp3) is 0.133. The molecule has 1 aliphatic rings. The van der Waals surface area contributed by atoms with Crippen LogP contribution in [0.3, 0.4) is 0 Å². The van der Waals surface area contributed by atoms with Crippen molar-refractivity contribution < 1.29 is 9.18 Å². The lowest BCUT2D eigenvalue weighted by Crippen LogP contribution is -2.27. The van der Waals surface area contributed by atoms with Crippen LogP contribution in [0.1, 0.15) is 17.2 Å². The maximum Gasteiger partial charge on any atom is 0.238 e. The van der Waals surface area contributed by atoms with E-state index in [-0.39, 0.29) is 24.3 Å². The number of carbonyl (C=O) groups excluding carboxylic acids is 1. The molecular weight excluding hydrogens is 323 g/mol. The summed E-state index contributed by atoms with van der Waals surface area (Å²) in [6.45, 7) is 0.217. The standard InChI is InChI=1S/C15H12BrFN2O/c16-10-3-6-13-12(7-10)15(18-8-14(20)19-13)9-1-4-11(17)5-2-9/h1-7,15,18H,8H2,(H,19,20). The number of benzene rings is 2. The van der Waals surface area contributed by atoms with E-state index >= 15 is 0 Å². The molecule has 0 spiro atoms. The van der Waals surface area contributed by atoms with Crippen molar-refractivity contribution >= 4 is 27.5 Å². The Balaban J connectivity index is 2.09. The highest BCUT2D eigenvalue weighted by atomic mass is 79.9. The van der Waals surface area contributed by atoms with E-state index in [9.17, 15) is 9.18 Å². The molecule has 1 aliphatic heterocycles. The third kappa shape index (κ3) is 2.59. The number of halogens is 2. The number of hydrogen-bond donors (Lipinski definition) is 2. The third-order valence-electron chi connectivity index (χ3n) is 3.27. The van der Waals surface area contributed by atoms with Crippen molar-refractivity contribution in [1.82, 2.24) is 5.32 Å². The van der Waals surface area contributed by atoms with Gasteiger partial charge in [0.15, 0.2) is 0 Å². The highest BCUT2D eigenvalue weighted by molar-refractivity contribution is 9.10. The van der Waals surface area contributed by atoms with Crippen LogP contribution in [-0.2, 0) is 4.79 Å². The molecule has 5 heteroatoms. The number of nitrogens with one attached hydrogen (secondary N) is 2. The number of rotatable bonds is 1. The number of anilines is 1. The van der Waals surface area contributed by atoms with Gasteiger partial charge in [0.1, 0.15) is 5.82 Å². The topological polar surface area (TPSA) is 41.1 Å². The molecule has 1 heterocycles. The molecule has 2 N–H and O–H groups in total. The van der Waals surface area contributed by atoms with E-state index in [4.69, 9.17) is 0 Å². The second kappa shape index (κ2) is 5.34. The van der Waals surface area contributed by atoms with Gasteiger partial charge in [0.2, 0.25) is 5.91 Å². The molecule has 0 saturated heterocycles. The SMILES string of the molecule is O=C1CNC(c2ccc(F)cc2)c2cc(Br)ccc2N1. The smallest absolute Gasteiger partial charge is 0.238 e. The van der Waals surface area contributed by atoms with Crippen LogP contribution in [0.2, 0.25) is 0 Å². The van der Waals surface area contributed by atoms with Crippen LogP contribution < -0.4 is 10.6 Å². The lowest BCUT2D eigenvalue weighted by atomic mass is 9.97. The zero-order valence-electron chi connectivity index (χ0n) is 10.5. The summed E-state index contributed by atoms with van der Waals surface area (Å²) in [6.07, 6.45) is 0. The molecule has 3 rings (SSSR count). The van der Waals surface area contributed by atoms with Gasteiger partial charge in [-0.05, 0) is 41.5 Å². The van der Waals surface area contributed by atoms with E-state index in [0.29, 0.717) is 0 Å². The lowest BCUT2D eigenvalue weighted by Gasteiger charge is -2.18. The summed E-state index contributed by atoms with van der Waals surface area (Å²) in [4.78, 5) is 11.7. The molecular formula is C15H12BrFN2O. The van der Waals surface area contributed by atoms with Crippen LogP contribution in [0.5, 0.6) is 0 Å². The molecule has 0 radical (unpaired) electrons. The van der Waals surface area contributed by atoms with Gasteiger partial charge in [-0.2, -0.15) is 0 Å². The van der Waals surface area contributed by atoms with Crippen molar-refractivity contribution in [2.24, 2.45) is 0 Å². The predicted molar refractivity (Wildman–Crippen MR) is 79.0 cm³/mol. The van der Waals surface area contributed by atoms with Crippen molar-refractivity contribution in [3.63, 3.8) is 0 Å². The van der Waals surface area contributed by atoms with E-state index in [1.54, 1.807) is 12.1 Å².